The van der Waals surface area contributed by atoms with E-state index in [2.05, 4.69) is 10.3 Å². The predicted molar refractivity (Wildman–Crippen MR) is 68.0 cm³/mol. The van der Waals surface area contributed by atoms with Crippen LogP contribution in [0.1, 0.15) is 10.4 Å². The van der Waals surface area contributed by atoms with E-state index in [1.165, 1.54) is 12.3 Å². The Morgan fingerprint density at radius 2 is 1.89 bits per heavy atom. The molecular formula is C13H12N2O3. The van der Waals surface area contributed by atoms with Gasteiger partial charge in [0.2, 0.25) is 5.56 Å². The molecule has 2 rings (SSSR count). The van der Waals surface area contributed by atoms with Crippen LogP contribution in [-0.4, -0.2) is 18.0 Å². The monoisotopic (exact) mass is 244 g/mol. The van der Waals surface area contributed by atoms with Crippen LogP contribution in [-0.2, 0) is 0 Å². The Balaban J connectivity index is 2.11. The van der Waals surface area contributed by atoms with Crippen LogP contribution in [0.25, 0.3) is 0 Å². The highest BCUT2D eigenvalue weighted by atomic mass is 16.5. The summed E-state index contributed by atoms with van der Waals surface area (Å²) in [5.74, 6) is 0.445. The van der Waals surface area contributed by atoms with Crippen LogP contribution in [0, 0.1) is 0 Å². The van der Waals surface area contributed by atoms with Crippen LogP contribution in [0.15, 0.2) is 47.4 Å². The van der Waals surface area contributed by atoms with Crippen molar-refractivity contribution in [2.24, 2.45) is 0 Å². The van der Waals surface area contributed by atoms with Crippen molar-refractivity contribution < 1.29 is 9.53 Å². The molecule has 0 bridgehead atoms. The van der Waals surface area contributed by atoms with E-state index in [1.807, 2.05) is 0 Å². The minimum atomic E-state index is -0.246. The van der Waals surface area contributed by atoms with Crippen LogP contribution < -0.4 is 15.6 Å². The number of benzene rings is 1. The highest BCUT2D eigenvalue weighted by Crippen LogP contribution is 2.12. The summed E-state index contributed by atoms with van der Waals surface area (Å²) in [5.41, 5.74) is 0.842. The van der Waals surface area contributed by atoms with E-state index in [0.29, 0.717) is 17.0 Å². The van der Waals surface area contributed by atoms with E-state index in [1.54, 1.807) is 37.4 Å². The van der Waals surface area contributed by atoms with E-state index in [-0.39, 0.29) is 11.5 Å². The van der Waals surface area contributed by atoms with Crippen LogP contribution in [0.2, 0.25) is 0 Å². The third kappa shape index (κ3) is 2.76. The van der Waals surface area contributed by atoms with Crippen molar-refractivity contribution in [3.63, 3.8) is 0 Å². The maximum atomic E-state index is 11.9. The van der Waals surface area contributed by atoms with Crippen molar-refractivity contribution in [2.75, 3.05) is 12.4 Å². The summed E-state index contributed by atoms with van der Waals surface area (Å²) in [7, 11) is 1.56. The fraction of sp³-hybridized carbons (Fsp3) is 0.0769. The smallest absolute Gasteiger partial charge is 0.255 e. The second-order valence-corrected chi connectivity index (χ2v) is 3.62. The van der Waals surface area contributed by atoms with Crippen LogP contribution in [0.5, 0.6) is 5.75 Å². The van der Waals surface area contributed by atoms with Gasteiger partial charge in [-0.3, -0.25) is 9.59 Å². The molecule has 2 aromatic rings. The molecule has 5 heteroatoms. The number of nitrogens with one attached hydrogen (secondary N) is 2. The van der Waals surface area contributed by atoms with E-state index >= 15 is 0 Å². The number of carbonyl (C=O) groups excluding carboxylic acids is 1. The van der Waals surface area contributed by atoms with Gasteiger partial charge in [-0.2, -0.15) is 0 Å². The number of methoxy groups -OCH3 is 1. The number of aromatic amines is 1. The Hall–Kier alpha value is -2.56. The zero-order valence-corrected chi connectivity index (χ0v) is 9.77. The standard InChI is InChI=1S/C13H12N2O3/c1-18-11-5-2-9(3-6-11)13(17)15-10-4-7-12(16)14-8-10/h2-8H,1H3,(H,14,16)(H,15,17). The first-order valence-electron chi connectivity index (χ1n) is 5.33. The van der Waals surface area contributed by atoms with Crippen LogP contribution in [0.4, 0.5) is 5.69 Å². The lowest BCUT2D eigenvalue weighted by Crippen LogP contribution is -2.13. The first-order chi connectivity index (χ1) is 8.69. The van der Waals surface area contributed by atoms with E-state index < -0.39 is 0 Å². The zero-order chi connectivity index (χ0) is 13.0. The third-order valence-electron chi connectivity index (χ3n) is 2.39. The number of hydrogen-bond acceptors (Lipinski definition) is 3. The van der Waals surface area contributed by atoms with Crippen LogP contribution in [0.3, 0.4) is 0 Å². The van der Waals surface area contributed by atoms with Crippen molar-refractivity contribution in [1.82, 2.24) is 4.98 Å². The first-order valence-corrected chi connectivity index (χ1v) is 5.33. The first kappa shape index (κ1) is 11.9. The molecule has 1 heterocycles. The van der Waals surface area contributed by atoms with Gasteiger partial charge in [-0.05, 0) is 30.3 Å². The van der Waals surface area contributed by atoms with E-state index in [9.17, 15) is 9.59 Å². The molecular weight excluding hydrogens is 232 g/mol. The molecule has 92 valence electrons. The Morgan fingerprint density at radius 3 is 2.44 bits per heavy atom. The highest BCUT2D eigenvalue weighted by Gasteiger charge is 2.05. The number of pyridine rings is 1. The van der Waals surface area contributed by atoms with Crippen molar-refractivity contribution in [2.45, 2.75) is 0 Å². The van der Waals surface area contributed by atoms with Gasteiger partial charge in [-0.15, -0.1) is 0 Å². The van der Waals surface area contributed by atoms with Crippen molar-refractivity contribution >= 4 is 11.6 Å². The van der Waals surface area contributed by atoms with E-state index in [0.717, 1.165) is 0 Å². The van der Waals surface area contributed by atoms with Gasteiger partial charge in [0, 0.05) is 17.8 Å². The van der Waals surface area contributed by atoms with Gasteiger partial charge in [0.15, 0.2) is 0 Å². The number of anilines is 1. The number of amides is 1. The molecule has 0 aliphatic rings. The third-order valence-corrected chi connectivity index (χ3v) is 2.39. The predicted octanol–water partition coefficient (Wildman–Crippen LogP) is 1.64. The van der Waals surface area contributed by atoms with Gasteiger partial charge in [0.05, 0.1) is 12.8 Å². The molecule has 0 unspecified atom stereocenters. The molecule has 1 amide bonds. The molecule has 5 nitrogen and oxygen atoms in total. The van der Waals surface area contributed by atoms with Crippen molar-refractivity contribution in [3.05, 3.63) is 58.5 Å². The largest absolute Gasteiger partial charge is 0.497 e. The molecule has 0 aliphatic carbocycles. The SMILES string of the molecule is COc1ccc(C(=O)Nc2ccc(=O)[nH]c2)cc1. The van der Waals surface area contributed by atoms with E-state index in [4.69, 9.17) is 4.74 Å². The molecule has 1 aromatic heterocycles. The van der Waals surface area contributed by atoms with Crippen LogP contribution >= 0.6 is 0 Å². The topological polar surface area (TPSA) is 71.2 Å². The molecule has 0 aliphatic heterocycles. The maximum absolute atomic E-state index is 11.9. The second-order valence-electron chi connectivity index (χ2n) is 3.62. The van der Waals surface area contributed by atoms with Gasteiger partial charge in [0.1, 0.15) is 5.75 Å². The Bertz CT molecular complexity index is 582. The van der Waals surface area contributed by atoms with Gasteiger partial charge in [0.25, 0.3) is 5.91 Å². The minimum absolute atomic E-state index is 0.211. The fourth-order valence-electron chi connectivity index (χ4n) is 1.43. The summed E-state index contributed by atoms with van der Waals surface area (Å²) >= 11 is 0. The molecule has 1 aromatic carbocycles. The zero-order valence-electron chi connectivity index (χ0n) is 9.77. The molecule has 0 saturated carbocycles. The average Bonchev–Trinajstić information content (AvgIpc) is 2.41. The Kier molecular flexibility index (Phi) is 3.43. The molecule has 0 atom stereocenters. The lowest BCUT2D eigenvalue weighted by molar-refractivity contribution is 0.102. The average molecular weight is 244 g/mol. The molecule has 0 saturated heterocycles. The molecule has 0 radical (unpaired) electrons. The number of aromatic nitrogens is 1. The quantitative estimate of drug-likeness (QED) is 0.862. The lowest BCUT2D eigenvalue weighted by atomic mass is 10.2. The second kappa shape index (κ2) is 5.18. The number of ether oxygens (including phenoxy) is 1. The minimum Gasteiger partial charge on any atom is -0.497 e. The van der Waals surface area contributed by atoms with Gasteiger partial charge in [-0.25, -0.2) is 0 Å². The number of H-pyrrole nitrogens is 1. The fourth-order valence-corrected chi connectivity index (χ4v) is 1.43. The van der Waals surface area contributed by atoms with Gasteiger partial charge >= 0.3 is 0 Å². The molecule has 0 fully saturated rings. The summed E-state index contributed by atoms with van der Waals surface area (Å²) in [4.78, 5) is 25.2. The number of rotatable bonds is 3. The number of hydrogen-bond donors (Lipinski definition) is 2. The summed E-state index contributed by atoms with van der Waals surface area (Å²) in [6, 6.07) is 9.65. The Morgan fingerprint density at radius 1 is 1.17 bits per heavy atom. The lowest BCUT2D eigenvalue weighted by Gasteiger charge is -2.05. The molecule has 2 N–H and O–H groups in total. The summed E-state index contributed by atoms with van der Waals surface area (Å²) in [6.07, 6.45) is 1.45. The summed E-state index contributed by atoms with van der Waals surface area (Å²) in [6.45, 7) is 0. The van der Waals surface area contributed by atoms with Crippen molar-refractivity contribution in [3.8, 4) is 5.75 Å². The Labute approximate surface area is 103 Å². The van der Waals surface area contributed by atoms with Gasteiger partial charge in [-0.1, -0.05) is 0 Å². The molecule has 18 heavy (non-hydrogen) atoms. The summed E-state index contributed by atoms with van der Waals surface area (Å²) in [5, 5.41) is 2.67. The maximum Gasteiger partial charge on any atom is 0.255 e. The van der Waals surface area contributed by atoms with Crippen molar-refractivity contribution in [1.29, 1.82) is 0 Å². The highest BCUT2D eigenvalue weighted by molar-refractivity contribution is 6.04. The normalized spacial score (nSPS) is 9.83. The summed E-state index contributed by atoms with van der Waals surface area (Å²) < 4.78 is 5.01. The number of carbonyl (C=O) groups is 1. The molecule has 0 spiro atoms. The van der Waals surface area contributed by atoms with Gasteiger partial charge < -0.3 is 15.0 Å².